The molecule has 1 aliphatic heterocycles. The molecule has 166 valence electrons. The van der Waals surface area contributed by atoms with Gasteiger partial charge in [-0.1, -0.05) is 52.3 Å². The Morgan fingerprint density at radius 1 is 1.10 bits per heavy atom. The van der Waals surface area contributed by atoms with Crippen LogP contribution in [0.5, 0.6) is 5.75 Å². The first-order valence-electron chi connectivity index (χ1n) is 10.9. The van der Waals surface area contributed by atoms with E-state index in [1.165, 1.54) is 5.56 Å². The first kappa shape index (κ1) is 22.2. The summed E-state index contributed by atoms with van der Waals surface area (Å²) in [6.45, 7) is 9.52. The summed E-state index contributed by atoms with van der Waals surface area (Å²) in [7, 11) is 0. The van der Waals surface area contributed by atoms with Crippen molar-refractivity contribution in [2.45, 2.75) is 57.9 Å². The molecule has 1 spiro atoms. The zero-order valence-corrected chi connectivity index (χ0v) is 20.2. The Bertz CT molecular complexity index is 922. The lowest BCUT2D eigenvalue weighted by molar-refractivity contribution is -0.00820. The summed E-state index contributed by atoms with van der Waals surface area (Å²) in [5.41, 5.74) is 1.78. The highest BCUT2D eigenvalue weighted by Gasteiger charge is 2.54. The number of ether oxygens (including phenoxy) is 2. The van der Waals surface area contributed by atoms with Gasteiger partial charge in [-0.3, -0.25) is 9.80 Å². The molecule has 0 bridgehead atoms. The quantitative estimate of drug-likeness (QED) is 0.550. The SMILES string of the molecule is CC(C)(C)OC(=O)N1CCN(Cc2ccc(Br)cc2OCc2ccccc2)CC12CC2. The van der Waals surface area contributed by atoms with E-state index in [9.17, 15) is 4.79 Å². The van der Waals surface area contributed by atoms with Crippen molar-refractivity contribution < 1.29 is 14.3 Å². The van der Waals surface area contributed by atoms with Gasteiger partial charge in [-0.05, 0) is 51.3 Å². The number of hydrogen-bond donors (Lipinski definition) is 0. The van der Waals surface area contributed by atoms with Gasteiger partial charge < -0.3 is 9.47 Å². The monoisotopic (exact) mass is 486 g/mol. The number of amides is 1. The summed E-state index contributed by atoms with van der Waals surface area (Å²) < 4.78 is 12.8. The number of rotatable bonds is 5. The zero-order valence-electron chi connectivity index (χ0n) is 18.6. The fourth-order valence-corrected chi connectivity index (χ4v) is 4.48. The van der Waals surface area contributed by atoms with Crippen molar-refractivity contribution in [1.82, 2.24) is 9.80 Å². The van der Waals surface area contributed by atoms with Crippen molar-refractivity contribution in [3.63, 3.8) is 0 Å². The van der Waals surface area contributed by atoms with Crippen LogP contribution >= 0.6 is 15.9 Å². The molecule has 5 nitrogen and oxygen atoms in total. The third-order valence-electron chi connectivity index (χ3n) is 5.83. The summed E-state index contributed by atoms with van der Waals surface area (Å²) in [6.07, 6.45) is 1.90. The normalized spacial score (nSPS) is 18.1. The third-order valence-corrected chi connectivity index (χ3v) is 6.32. The fourth-order valence-electron chi connectivity index (χ4n) is 4.14. The van der Waals surface area contributed by atoms with Crippen LogP contribution in [0.3, 0.4) is 0 Å². The van der Waals surface area contributed by atoms with Crippen LogP contribution in [-0.4, -0.2) is 46.7 Å². The van der Waals surface area contributed by atoms with E-state index >= 15 is 0 Å². The highest BCUT2D eigenvalue weighted by molar-refractivity contribution is 9.10. The number of hydrogen-bond acceptors (Lipinski definition) is 4. The largest absolute Gasteiger partial charge is 0.489 e. The van der Waals surface area contributed by atoms with Crippen LogP contribution < -0.4 is 4.74 Å². The van der Waals surface area contributed by atoms with E-state index in [1.807, 2.05) is 49.9 Å². The highest BCUT2D eigenvalue weighted by atomic mass is 79.9. The van der Waals surface area contributed by atoms with Crippen molar-refractivity contribution >= 4 is 22.0 Å². The fraction of sp³-hybridized carbons (Fsp3) is 0.480. The van der Waals surface area contributed by atoms with Gasteiger partial charge >= 0.3 is 6.09 Å². The van der Waals surface area contributed by atoms with E-state index in [-0.39, 0.29) is 11.6 Å². The predicted molar refractivity (Wildman–Crippen MR) is 125 cm³/mol. The topological polar surface area (TPSA) is 42.0 Å². The number of benzene rings is 2. The minimum atomic E-state index is -0.466. The molecule has 0 N–H and O–H groups in total. The molecule has 2 aromatic rings. The van der Waals surface area contributed by atoms with Gasteiger partial charge in [0.05, 0.1) is 5.54 Å². The summed E-state index contributed by atoms with van der Waals surface area (Å²) in [5, 5.41) is 0. The molecule has 0 atom stereocenters. The van der Waals surface area contributed by atoms with Crippen molar-refractivity contribution in [1.29, 1.82) is 0 Å². The summed E-state index contributed by atoms with van der Waals surface area (Å²) in [5.74, 6) is 0.901. The molecule has 2 aliphatic rings. The van der Waals surface area contributed by atoms with E-state index < -0.39 is 5.60 Å². The first-order chi connectivity index (χ1) is 14.7. The van der Waals surface area contributed by atoms with E-state index in [0.29, 0.717) is 13.2 Å². The van der Waals surface area contributed by atoms with Crippen LogP contribution in [0.1, 0.15) is 44.7 Å². The van der Waals surface area contributed by atoms with E-state index in [2.05, 4.69) is 45.1 Å². The molecule has 1 saturated carbocycles. The molecular weight excluding hydrogens is 456 g/mol. The minimum Gasteiger partial charge on any atom is -0.489 e. The Labute approximate surface area is 193 Å². The summed E-state index contributed by atoms with van der Waals surface area (Å²) in [4.78, 5) is 17.1. The molecule has 4 rings (SSSR count). The van der Waals surface area contributed by atoms with Gasteiger partial charge in [0.15, 0.2) is 0 Å². The average molecular weight is 487 g/mol. The Morgan fingerprint density at radius 3 is 2.52 bits per heavy atom. The molecule has 2 fully saturated rings. The van der Waals surface area contributed by atoms with Crippen molar-refractivity contribution in [2.24, 2.45) is 0 Å². The van der Waals surface area contributed by atoms with Gasteiger partial charge in [0.2, 0.25) is 0 Å². The van der Waals surface area contributed by atoms with Crippen LogP contribution in [0.25, 0.3) is 0 Å². The summed E-state index contributed by atoms with van der Waals surface area (Å²) >= 11 is 3.57. The van der Waals surface area contributed by atoms with E-state index in [0.717, 1.165) is 48.3 Å². The lowest BCUT2D eigenvalue weighted by atomic mass is 10.1. The molecule has 2 aromatic carbocycles. The maximum Gasteiger partial charge on any atom is 0.410 e. The van der Waals surface area contributed by atoms with Crippen LogP contribution in [-0.2, 0) is 17.9 Å². The van der Waals surface area contributed by atoms with Crippen molar-refractivity contribution in [3.8, 4) is 5.75 Å². The Kier molecular flexibility index (Phi) is 6.31. The van der Waals surface area contributed by atoms with E-state index in [4.69, 9.17) is 9.47 Å². The van der Waals surface area contributed by atoms with Gasteiger partial charge in [-0.2, -0.15) is 0 Å². The lowest BCUT2D eigenvalue weighted by Crippen LogP contribution is -2.57. The standard InChI is InChI=1S/C25H31BrN2O3/c1-24(2,3)31-23(29)28-14-13-27(18-25(28)11-12-25)16-20-9-10-21(26)15-22(20)30-17-19-7-5-4-6-8-19/h4-10,15H,11-14,16-18H2,1-3H3. The molecular formula is C25H31BrN2O3. The smallest absolute Gasteiger partial charge is 0.410 e. The van der Waals surface area contributed by atoms with Gasteiger partial charge in [0.1, 0.15) is 18.0 Å². The number of carbonyl (C=O) groups is 1. The maximum atomic E-state index is 12.7. The molecule has 0 radical (unpaired) electrons. The van der Waals surface area contributed by atoms with Crippen LogP contribution in [0.2, 0.25) is 0 Å². The van der Waals surface area contributed by atoms with Gasteiger partial charge in [-0.15, -0.1) is 0 Å². The van der Waals surface area contributed by atoms with Crippen molar-refractivity contribution in [2.75, 3.05) is 19.6 Å². The average Bonchev–Trinajstić information content (AvgIpc) is 3.46. The van der Waals surface area contributed by atoms with Crippen LogP contribution in [0, 0.1) is 0 Å². The Balaban J connectivity index is 1.42. The van der Waals surface area contributed by atoms with Crippen LogP contribution in [0.4, 0.5) is 4.79 Å². The predicted octanol–water partition coefficient (Wildman–Crippen LogP) is 5.61. The van der Waals surface area contributed by atoms with Gasteiger partial charge in [-0.25, -0.2) is 4.79 Å². The van der Waals surface area contributed by atoms with E-state index in [1.54, 1.807) is 0 Å². The first-order valence-corrected chi connectivity index (χ1v) is 11.7. The number of nitrogens with zero attached hydrogens (tertiary/aromatic N) is 2. The second kappa shape index (κ2) is 8.83. The van der Waals surface area contributed by atoms with Gasteiger partial charge in [0, 0.05) is 36.2 Å². The maximum absolute atomic E-state index is 12.7. The number of piperazine rings is 1. The third kappa shape index (κ3) is 5.60. The zero-order chi connectivity index (χ0) is 22.1. The number of carbonyl (C=O) groups excluding carboxylic acids is 1. The second-order valence-corrected chi connectivity index (χ2v) is 10.5. The van der Waals surface area contributed by atoms with Crippen molar-refractivity contribution in [3.05, 3.63) is 64.1 Å². The molecule has 31 heavy (non-hydrogen) atoms. The molecule has 1 aliphatic carbocycles. The van der Waals surface area contributed by atoms with Gasteiger partial charge in [0.25, 0.3) is 0 Å². The molecule has 1 heterocycles. The Hall–Kier alpha value is -2.05. The Morgan fingerprint density at radius 2 is 1.84 bits per heavy atom. The van der Waals surface area contributed by atoms with Crippen LogP contribution in [0.15, 0.2) is 53.0 Å². The summed E-state index contributed by atoms with van der Waals surface area (Å²) in [6, 6.07) is 16.5. The minimum absolute atomic E-state index is 0.0684. The molecule has 1 amide bonds. The lowest BCUT2D eigenvalue weighted by Gasteiger charge is -2.42. The number of halogens is 1. The molecule has 6 heteroatoms. The highest BCUT2D eigenvalue weighted by Crippen LogP contribution is 2.45. The second-order valence-electron chi connectivity index (χ2n) is 9.59. The molecule has 0 aromatic heterocycles. The molecule has 0 unspecified atom stereocenters. The molecule has 1 saturated heterocycles.